The average Bonchev–Trinajstić information content (AvgIpc) is 2.64. The number of aliphatic hydroxyl groups is 1. The number of anilines is 1. The molecule has 3 rings (SSSR count). The molecule has 2 aliphatic heterocycles. The van der Waals surface area contributed by atoms with E-state index in [1.165, 1.54) is 0 Å². The number of piperidine rings is 2. The van der Waals surface area contributed by atoms with Crippen LogP contribution >= 0.6 is 0 Å². The maximum Gasteiger partial charge on any atom is 0.410 e. The molecule has 1 aromatic rings. The number of hydrogen-bond donors (Lipinski definition) is 2. The van der Waals surface area contributed by atoms with Crippen molar-refractivity contribution in [2.75, 3.05) is 45.1 Å². The van der Waals surface area contributed by atoms with E-state index in [0.717, 1.165) is 19.5 Å². The molecule has 1 aromatic carbocycles. The summed E-state index contributed by atoms with van der Waals surface area (Å²) in [5, 5.41) is 19.3. The number of hydrogen-bond acceptors (Lipinski definition) is 7. The maximum atomic E-state index is 12.4. The highest BCUT2D eigenvalue weighted by atomic mass is 16.6. The Morgan fingerprint density at radius 1 is 1.30 bits per heavy atom. The van der Waals surface area contributed by atoms with Gasteiger partial charge in [-0.1, -0.05) is 0 Å². The molecule has 1 amide bonds. The Bertz CT molecular complexity index is 787. The van der Waals surface area contributed by atoms with Crippen LogP contribution in [-0.2, 0) is 4.74 Å². The molecular weight excluding hydrogens is 384 g/mol. The van der Waals surface area contributed by atoms with E-state index in [9.17, 15) is 9.90 Å². The number of likely N-dealkylation sites (tertiary alicyclic amines) is 2. The van der Waals surface area contributed by atoms with Crippen molar-refractivity contribution < 1.29 is 19.4 Å². The molecule has 30 heavy (non-hydrogen) atoms. The molecule has 2 aliphatic rings. The van der Waals surface area contributed by atoms with Crippen LogP contribution in [0.4, 0.5) is 10.5 Å². The van der Waals surface area contributed by atoms with Gasteiger partial charge in [0.25, 0.3) is 0 Å². The van der Waals surface area contributed by atoms with Crippen molar-refractivity contribution in [2.24, 2.45) is 11.8 Å². The van der Waals surface area contributed by atoms with Crippen LogP contribution in [0.3, 0.4) is 0 Å². The predicted octanol–water partition coefficient (Wildman–Crippen LogP) is 2.07. The number of carbonyl (C=O) groups excluding carboxylic acids is 1. The third kappa shape index (κ3) is 6.00. The highest BCUT2D eigenvalue weighted by Gasteiger charge is 2.37. The van der Waals surface area contributed by atoms with Gasteiger partial charge in [0, 0.05) is 32.7 Å². The Labute approximate surface area is 178 Å². The Morgan fingerprint density at radius 3 is 2.53 bits per heavy atom. The number of amides is 1. The Morgan fingerprint density at radius 2 is 1.97 bits per heavy atom. The normalized spacial score (nSPS) is 22.8. The Hall–Kier alpha value is -2.50. The van der Waals surface area contributed by atoms with Gasteiger partial charge in [-0.05, 0) is 57.2 Å². The summed E-state index contributed by atoms with van der Waals surface area (Å²) in [6, 6.07) is 6.88. The first-order chi connectivity index (χ1) is 14.1. The van der Waals surface area contributed by atoms with Gasteiger partial charge in [0.1, 0.15) is 24.1 Å². The van der Waals surface area contributed by atoms with Crippen molar-refractivity contribution in [3.63, 3.8) is 0 Å². The van der Waals surface area contributed by atoms with Crippen LogP contribution in [0.1, 0.15) is 32.8 Å². The molecule has 3 N–H and O–H groups in total. The first-order valence-corrected chi connectivity index (χ1v) is 10.4. The number of nitriles is 1. The number of ether oxygens (including phenoxy) is 2. The lowest BCUT2D eigenvalue weighted by atomic mass is 9.84. The van der Waals surface area contributed by atoms with Gasteiger partial charge < -0.3 is 25.2 Å². The molecule has 3 unspecified atom stereocenters. The van der Waals surface area contributed by atoms with Crippen LogP contribution in [0, 0.1) is 23.2 Å². The number of rotatable bonds is 5. The van der Waals surface area contributed by atoms with Crippen LogP contribution in [0.5, 0.6) is 5.75 Å². The SMILES string of the molecule is CC(C)(C)OC(=O)N1CC2CC(CN(CC(O)COc3ccc(C#N)cc3N)C2)C1. The summed E-state index contributed by atoms with van der Waals surface area (Å²) in [4.78, 5) is 16.5. The van der Waals surface area contributed by atoms with Gasteiger partial charge in [-0.3, -0.25) is 4.90 Å². The average molecular weight is 417 g/mol. The summed E-state index contributed by atoms with van der Waals surface area (Å²) < 4.78 is 11.2. The molecule has 0 saturated carbocycles. The number of benzene rings is 1. The predicted molar refractivity (Wildman–Crippen MR) is 113 cm³/mol. The lowest BCUT2D eigenvalue weighted by molar-refractivity contribution is -0.0198. The smallest absolute Gasteiger partial charge is 0.410 e. The summed E-state index contributed by atoms with van der Waals surface area (Å²) in [6.07, 6.45) is 0.212. The number of nitrogens with zero attached hydrogens (tertiary/aromatic N) is 3. The first-order valence-electron chi connectivity index (χ1n) is 10.4. The Kier molecular flexibility index (Phi) is 6.74. The van der Waals surface area contributed by atoms with E-state index in [0.29, 0.717) is 48.5 Å². The minimum atomic E-state index is -0.652. The van der Waals surface area contributed by atoms with E-state index in [1.807, 2.05) is 31.7 Å². The van der Waals surface area contributed by atoms with Crippen LogP contribution in [0.15, 0.2) is 18.2 Å². The first kappa shape index (κ1) is 22.2. The van der Waals surface area contributed by atoms with Crippen LogP contribution in [0.25, 0.3) is 0 Å². The van der Waals surface area contributed by atoms with Gasteiger partial charge in [-0.2, -0.15) is 5.26 Å². The quantitative estimate of drug-likeness (QED) is 0.707. The van der Waals surface area contributed by atoms with Crippen molar-refractivity contribution in [2.45, 2.75) is 38.9 Å². The molecule has 8 heteroatoms. The van der Waals surface area contributed by atoms with Gasteiger partial charge in [0.2, 0.25) is 0 Å². The van der Waals surface area contributed by atoms with E-state index in [-0.39, 0.29) is 12.7 Å². The zero-order valence-corrected chi connectivity index (χ0v) is 18.0. The Balaban J connectivity index is 1.47. The van der Waals surface area contributed by atoms with Gasteiger partial charge in [0.05, 0.1) is 17.3 Å². The van der Waals surface area contributed by atoms with E-state index in [4.69, 9.17) is 20.5 Å². The fourth-order valence-electron chi connectivity index (χ4n) is 4.30. The maximum absolute atomic E-state index is 12.4. The molecule has 8 nitrogen and oxygen atoms in total. The van der Waals surface area contributed by atoms with Crippen molar-refractivity contribution >= 4 is 11.8 Å². The molecule has 0 aliphatic carbocycles. The third-order valence-corrected chi connectivity index (χ3v) is 5.35. The molecule has 0 aromatic heterocycles. The molecule has 0 spiro atoms. The van der Waals surface area contributed by atoms with Gasteiger partial charge in [-0.15, -0.1) is 0 Å². The van der Waals surface area contributed by atoms with E-state index in [2.05, 4.69) is 4.90 Å². The van der Waals surface area contributed by atoms with Gasteiger partial charge in [0.15, 0.2) is 0 Å². The minimum absolute atomic E-state index is 0.131. The van der Waals surface area contributed by atoms with Gasteiger partial charge >= 0.3 is 6.09 Å². The second kappa shape index (κ2) is 9.11. The van der Waals surface area contributed by atoms with Crippen molar-refractivity contribution in [1.82, 2.24) is 9.80 Å². The molecule has 2 heterocycles. The highest BCUT2D eigenvalue weighted by Crippen LogP contribution is 2.30. The summed E-state index contributed by atoms with van der Waals surface area (Å²) in [5.74, 6) is 1.23. The summed E-state index contributed by atoms with van der Waals surface area (Å²) in [6.45, 7) is 9.34. The van der Waals surface area contributed by atoms with Crippen molar-refractivity contribution in [3.05, 3.63) is 23.8 Å². The molecular formula is C22H32N4O4. The lowest BCUT2D eigenvalue weighted by Crippen LogP contribution is -2.56. The van der Waals surface area contributed by atoms with Crippen LogP contribution in [-0.4, -0.2) is 72.0 Å². The monoisotopic (exact) mass is 416 g/mol. The zero-order chi connectivity index (χ0) is 21.9. The number of nitrogen functional groups attached to an aromatic ring is 1. The second-order valence-electron chi connectivity index (χ2n) is 9.40. The van der Waals surface area contributed by atoms with Crippen molar-refractivity contribution in [1.29, 1.82) is 5.26 Å². The number of carbonyl (C=O) groups is 1. The third-order valence-electron chi connectivity index (χ3n) is 5.35. The van der Waals surface area contributed by atoms with Crippen LogP contribution in [0.2, 0.25) is 0 Å². The topological polar surface area (TPSA) is 112 Å². The molecule has 2 saturated heterocycles. The summed E-state index contributed by atoms with van der Waals surface area (Å²) in [5.41, 5.74) is 6.26. The molecule has 164 valence electrons. The number of aliphatic hydroxyl groups excluding tert-OH is 1. The van der Waals surface area contributed by atoms with Gasteiger partial charge in [-0.25, -0.2) is 4.79 Å². The lowest BCUT2D eigenvalue weighted by Gasteiger charge is -2.46. The molecule has 2 fully saturated rings. The van der Waals surface area contributed by atoms with E-state index in [1.54, 1.807) is 18.2 Å². The largest absolute Gasteiger partial charge is 0.489 e. The molecule has 2 bridgehead atoms. The standard InChI is InChI=1S/C22H32N4O4/c1-22(2,3)30-21(28)26-11-16-6-17(12-26)10-25(9-16)13-18(27)14-29-20-5-4-15(8-23)7-19(20)24/h4-5,7,16-18,27H,6,9-14,24H2,1-3H3. The van der Waals surface area contributed by atoms with Crippen LogP contribution < -0.4 is 10.5 Å². The number of nitrogens with two attached hydrogens (primary N) is 1. The second-order valence-corrected chi connectivity index (χ2v) is 9.40. The fraction of sp³-hybridized carbons (Fsp3) is 0.636. The highest BCUT2D eigenvalue weighted by molar-refractivity contribution is 5.68. The van der Waals surface area contributed by atoms with Crippen molar-refractivity contribution in [3.8, 4) is 11.8 Å². The summed E-state index contributed by atoms with van der Waals surface area (Å²) in [7, 11) is 0. The molecule has 3 atom stereocenters. The minimum Gasteiger partial charge on any atom is -0.489 e. The van der Waals surface area contributed by atoms with E-state index >= 15 is 0 Å². The van der Waals surface area contributed by atoms with E-state index < -0.39 is 11.7 Å². The molecule has 0 radical (unpaired) electrons. The summed E-state index contributed by atoms with van der Waals surface area (Å²) >= 11 is 0. The number of fused-ring (bicyclic) bond motifs is 2. The zero-order valence-electron chi connectivity index (χ0n) is 18.0. The number of β-amino-alcohol motifs (C(OH)–C–C–N with tert-alkyl or cyclic N) is 1. The fourth-order valence-corrected chi connectivity index (χ4v) is 4.30.